The van der Waals surface area contributed by atoms with Gasteiger partial charge in [-0.3, -0.25) is 13.9 Å². The van der Waals surface area contributed by atoms with Gasteiger partial charge in [0.05, 0.1) is 11.1 Å². The molecule has 41 heavy (non-hydrogen) atoms. The van der Waals surface area contributed by atoms with Crippen LogP contribution < -0.4 is 10.6 Å². The second-order valence-electron chi connectivity index (χ2n) is 11.4. The van der Waals surface area contributed by atoms with E-state index in [2.05, 4.69) is 25.7 Å². The maximum absolute atomic E-state index is 14.2. The summed E-state index contributed by atoms with van der Waals surface area (Å²) in [5.41, 5.74) is 1.19. The number of amides is 1. The van der Waals surface area contributed by atoms with Gasteiger partial charge in [-0.15, -0.1) is 0 Å². The highest BCUT2D eigenvalue weighted by Gasteiger charge is 2.42. The number of piperidine rings is 2. The van der Waals surface area contributed by atoms with Crippen LogP contribution in [0.4, 0.5) is 27.8 Å². The fraction of sp³-hybridized carbons (Fsp3) is 0.481. The van der Waals surface area contributed by atoms with E-state index in [1.165, 1.54) is 6.07 Å². The Kier molecular flexibility index (Phi) is 7.89. The molecule has 3 aliphatic rings. The molecule has 1 aromatic carbocycles. The summed E-state index contributed by atoms with van der Waals surface area (Å²) in [5.74, 6) is -3.93. The largest absolute Gasteiger partial charge is 0.490 e. The number of alkyl halides is 3. The van der Waals surface area contributed by atoms with Crippen molar-refractivity contribution < 1.29 is 36.6 Å². The molecule has 0 saturated carbocycles. The summed E-state index contributed by atoms with van der Waals surface area (Å²) in [4.78, 5) is 43.5. The van der Waals surface area contributed by atoms with Crippen molar-refractivity contribution in [3.8, 4) is 0 Å². The van der Waals surface area contributed by atoms with E-state index in [1.807, 2.05) is 12.1 Å². The van der Waals surface area contributed by atoms with Crippen molar-refractivity contribution >= 4 is 28.9 Å². The standard InChI is InChI=1S/C25H29F2N5O2.C2HF3O2/c1-25(2,3)14-32-20-9-10-21(28-22(20)29(4)24(32)34)30-12-17-7-6-16(30)13-31(17)23(33)18-8-5-15(26)11-19(18)27;3-2(4,5)1(6)7/h5,8-11,16-17H,6-7,12-14H2,1-4H3;(H,6,7). The highest BCUT2D eigenvalue weighted by molar-refractivity contribution is 5.95. The first-order chi connectivity index (χ1) is 19.0. The summed E-state index contributed by atoms with van der Waals surface area (Å²) < 4.78 is 62.6. The molecule has 0 radical (unpaired) electrons. The molecule has 2 atom stereocenters. The second-order valence-corrected chi connectivity index (χ2v) is 11.4. The zero-order valence-electron chi connectivity index (χ0n) is 22.9. The van der Waals surface area contributed by atoms with Crippen LogP contribution in [0.25, 0.3) is 11.2 Å². The monoisotopic (exact) mass is 583 g/mol. The van der Waals surface area contributed by atoms with Crippen molar-refractivity contribution in [3.63, 3.8) is 0 Å². The van der Waals surface area contributed by atoms with Crippen LogP contribution in [-0.2, 0) is 18.4 Å². The van der Waals surface area contributed by atoms with Crippen LogP contribution in [0.15, 0.2) is 35.1 Å². The smallest absolute Gasteiger partial charge is 0.475 e. The molecule has 2 bridgehead atoms. The van der Waals surface area contributed by atoms with E-state index in [1.54, 1.807) is 21.1 Å². The maximum Gasteiger partial charge on any atom is 0.490 e. The van der Waals surface area contributed by atoms with Gasteiger partial charge in [0.1, 0.15) is 17.5 Å². The number of aliphatic carboxylic acids is 1. The number of fused-ring (bicyclic) bond motifs is 4. The van der Waals surface area contributed by atoms with Gasteiger partial charge in [-0.05, 0) is 42.5 Å². The van der Waals surface area contributed by atoms with Crippen LogP contribution in [0.5, 0.6) is 0 Å². The molecule has 3 saturated heterocycles. The van der Waals surface area contributed by atoms with Crippen molar-refractivity contribution in [3.05, 3.63) is 58.0 Å². The fourth-order valence-corrected chi connectivity index (χ4v) is 5.23. The average molecular weight is 584 g/mol. The number of hydrogen-bond donors (Lipinski definition) is 1. The Morgan fingerprint density at radius 2 is 1.66 bits per heavy atom. The Morgan fingerprint density at radius 1 is 1.02 bits per heavy atom. The van der Waals surface area contributed by atoms with Gasteiger partial charge in [0, 0.05) is 44.8 Å². The molecule has 1 amide bonds. The number of aromatic nitrogens is 3. The minimum atomic E-state index is -5.08. The van der Waals surface area contributed by atoms with E-state index in [0.29, 0.717) is 25.3 Å². The number of carbonyl (C=O) groups is 2. The number of pyridine rings is 1. The molecule has 14 heteroatoms. The highest BCUT2D eigenvalue weighted by Crippen LogP contribution is 2.34. The molecule has 2 aromatic heterocycles. The Morgan fingerprint density at radius 3 is 2.20 bits per heavy atom. The molecule has 222 valence electrons. The lowest BCUT2D eigenvalue weighted by Crippen LogP contribution is -2.64. The van der Waals surface area contributed by atoms with E-state index >= 15 is 0 Å². The van der Waals surface area contributed by atoms with Crippen molar-refractivity contribution in [1.82, 2.24) is 19.0 Å². The number of aryl methyl sites for hydroxylation is 1. The van der Waals surface area contributed by atoms with Gasteiger partial charge < -0.3 is 14.9 Å². The lowest BCUT2D eigenvalue weighted by Gasteiger charge is -2.52. The van der Waals surface area contributed by atoms with Gasteiger partial charge in [-0.2, -0.15) is 13.2 Å². The van der Waals surface area contributed by atoms with Crippen LogP contribution in [0.3, 0.4) is 0 Å². The zero-order valence-corrected chi connectivity index (χ0v) is 22.9. The fourth-order valence-electron chi connectivity index (χ4n) is 5.23. The number of rotatable bonds is 3. The minimum absolute atomic E-state index is 0.0381. The number of nitrogens with zero attached hydrogens (tertiary/aromatic N) is 5. The van der Waals surface area contributed by atoms with Crippen molar-refractivity contribution in [1.29, 1.82) is 0 Å². The molecule has 2 unspecified atom stereocenters. The van der Waals surface area contributed by atoms with Crippen molar-refractivity contribution in [2.24, 2.45) is 12.5 Å². The van der Waals surface area contributed by atoms with Crippen LogP contribution >= 0.6 is 0 Å². The lowest BCUT2D eigenvalue weighted by atomic mass is 9.90. The van der Waals surface area contributed by atoms with Gasteiger partial charge in [-0.1, -0.05) is 20.8 Å². The Labute approximate surface area is 231 Å². The third-order valence-electron chi connectivity index (χ3n) is 7.09. The van der Waals surface area contributed by atoms with Gasteiger partial charge in [0.15, 0.2) is 5.65 Å². The van der Waals surface area contributed by atoms with Crippen molar-refractivity contribution in [2.45, 2.75) is 58.4 Å². The van der Waals surface area contributed by atoms with Crippen LogP contribution in [0.1, 0.15) is 44.0 Å². The van der Waals surface area contributed by atoms with Crippen LogP contribution in [0.2, 0.25) is 0 Å². The number of carboxylic acid groups (broad SMARTS) is 1. The molecule has 3 aromatic rings. The average Bonchev–Trinajstić information content (AvgIpc) is 3.11. The molecule has 3 aliphatic heterocycles. The topological polar surface area (TPSA) is 101 Å². The zero-order chi connectivity index (χ0) is 30.4. The normalized spacial score (nSPS) is 18.9. The van der Waals surface area contributed by atoms with E-state index in [0.717, 1.165) is 36.3 Å². The van der Waals surface area contributed by atoms with E-state index in [-0.39, 0.29) is 28.8 Å². The number of imidazole rings is 1. The molecule has 5 heterocycles. The number of halogens is 5. The minimum Gasteiger partial charge on any atom is -0.475 e. The first kappa shape index (κ1) is 30.0. The van der Waals surface area contributed by atoms with E-state index in [9.17, 15) is 31.5 Å². The SMILES string of the molecule is Cn1c(=O)n(CC(C)(C)C)c2ccc(N3CC4CCC3CN4C(=O)c3ccc(F)cc3F)nc21.O=C(O)C(F)(F)F. The summed E-state index contributed by atoms with van der Waals surface area (Å²) >= 11 is 0. The third kappa shape index (κ3) is 6.20. The summed E-state index contributed by atoms with van der Waals surface area (Å²) in [6.07, 6.45) is -3.37. The molecule has 0 spiro atoms. The second kappa shape index (κ2) is 10.8. The third-order valence-corrected chi connectivity index (χ3v) is 7.09. The maximum atomic E-state index is 14.2. The van der Waals surface area contributed by atoms with E-state index in [4.69, 9.17) is 14.9 Å². The predicted octanol–water partition coefficient (Wildman–Crippen LogP) is 4.19. The Balaban J connectivity index is 0.000000493. The van der Waals surface area contributed by atoms with Crippen LogP contribution in [0, 0.1) is 17.0 Å². The highest BCUT2D eigenvalue weighted by atomic mass is 19.4. The van der Waals surface area contributed by atoms with Gasteiger partial charge in [-0.25, -0.2) is 23.4 Å². The number of carbonyl (C=O) groups excluding carboxylic acids is 1. The molecule has 3 fully saturated rings. The molecule has 0 aliphatic carbocycles. The first-order valence-electron chi connectivity index (χ1n) is 12.9. The first-order valence-corrected chi connectivity index (χ1v) is 12.9. The van der Waals surface area contributed by atoms with E-state index < -0.39 is 29.7 Å². The molecular formula is C27H30F5N5O4. The number of anilines is 1. The molecule has 6 rings (SSSR count). The molecular weight excluding hydrogens is 553 g/mol. The lowest BCUT2D eigenvalue weighted by molar-refractivity contribution is -0.192. The number of hydrogen-bond acceptors (Lipinski definition) is 5. The quantitative estimate of drug-likeness (QED) is 0.465. The molecule has 1 N–H and O–H groups in total. The number of piperazine rings is 1. The van der Waals surface area contributed by atoms with Gasteiger partial charge >= 0.3 is 17.8 Å². The summed E-state index contributed by atoms with van der Waals surface area (Å²) in [7, 11) is 1.74. The van der Waals surface area contributed by atoms with Crippen molar-refractivity contribution in [2.75, 3.05) is 18.0 Å². The number of benzene rings is 1. The Bertz CT molecular complexity index is 1540. The Hall–Kier alpha value is -3.97. The summed E-state index contributed by atoms with van der Waals surface area (Å²) in [6, 6.07) is 6.91. The summed E-state index contributed by atoms with van der Waals surface area (Å²) in [6.45, 7) is 7.90. The van der Waals surface area contributed by atoms with Gasteiger partial charge in [0.25, 0.3) is 5.91 Å². The predicted molar refractivity (Wildman–Crippen MR) is 140 cm³/mol. The summed E-state index contributed by atoms with van der Waals surface area (Å²) in [5, 5.41) is 7.12. The number of carboxylic acids is 1. The van der Waals surface area contributed by atoms with Gasteiger partial charge in [0.2, 0.25) is 0 Å². The molecule has 9 nitrogen and oxygen atoms in total. The van der Waals surface area contributed by atoms with Crippen LogP contribution in [-0.4, -0.2) is 67.4 Å².